The maximum atomic E-state index is 3.45. The van der Waals surface area contributed by atoms with E-state index in [4.69, 9.17) is 0 Å². The lowest BCUT2D eigenvalue weighted by atomic mass is 9.71. The fraction of sp³-hybridized carbons (Fsp3) is 0.333. The van der Waals surface area contributed by atoms with Gasteiger partial charge in [-0.1, -0.05) is 59.7 Å². The van der Waals surface area contributed by atoms with Crippen LogP contribution in [0.15, 0.2) is 48.5 Å². The third kappa shape index (κ3) is 2.43. The van der Waals surface area contributed by atoms with Crippen LogP contribution in [0.2, 0.25) is 0 Å². The zero-order chi connectivity index (χ0) is 13.3. The van der Waals surface area contributed by atoms with Gasteiger partial charge in [-0.2, -0.15) is 0 Å². The van der Waals surface area contributed by atoms with E-state index in [-0.39, 0.29) is 0 Å². The minimum atomic E-state index is 0.293. The van der Waals surface area contributed by atoms with Crippen molar-refractivity contribution in [3.63, 3.8) is 0 Å². The fourth-order valence-electron chi connectivity index (χ4n) is 3.21. The minimum Gasteiger partial charge on any atom is -0.315 e. The number of benzene rings is 2. The summed E-state index contributed by atoms with van der Waals surface area (Å²) in [5, 5.41) is 3.45. The van der Waals surface area contributed by atoms with Gasteiger partial charge in [0, 0.05) is 18.5 Å². The van der Waals surface area contributed by atoms with E-state index in [9.17, 15) is 0 Å². The number of rotatable bonds is 3. The van der Waals surface area contributed by atoms with Gasteiger partial charge in [0.05, 0.1) is 0 Å². The molecule has 0 spiro atoms. The molecule has 2 aromatic carbocycles. The first-order valence-corrected chi connectivity index (χ1v) is 7.01. The molecule has 1 fully saturated rings. The molecule has 1 saturated heterocycles. The standard InChI is InChI=1S/C18H21N/c1-14-8-15(2)10-16(9-14)11-18(12-19-13-18)17-6-4-3-5-7-17/h3-10,19H,11-13H2,1-2H3. The lowest BCUT2D eigenvalue weighted by molar-refractivity contribution is 0.274. The van der Waals surface area contributed by atoms with Crippen LogP contribution < -0.4 is 5.32 Å². The maximum Gasteiger partial charge on any atom is 0.0242 e. The quantitative estimate of drug-likeness (QED) is 0.881. The monoisotopic (exact) mass is 251 g/mol. The van der Waals surface area contributed by atoms with Crippen molar-refractivity contribution in [2.45, 2.75) is 25.7 Å². The minimum absolute atomic E-state index is 0.293. The third-order valence-electron chi connectivity index (χ3n) is 4.14. The van der Waals surface area contributed by atoms with Crippen LogP contribution in [0.25, 0.3) is 0 Å². The summed E-state index contributed by atoms with van der Waals surface area (Å²) >= 11 is 0. The second-order valence-corrected chi connectivity index (χ2v) is 5.92. The van der Waals surface area contributed by atoms with E-state index in [1.54, 1.807) is 0 Å². The Balaban J connectivity index is 1.91. The summed E-state index contributed by atoms with van der Waals surface area (Å²) in [5.41, 5.74) is 5.95. The Morgan fingerprint density at radius 2 is 1.58 bits per heavy atom. The molecular formula is C18H21N. The summed E-state index contributed by atoms with van der Waals surface area (Å²) in [7, 11) is 0. The van der Waals surface area contributed by atoms with Crippen LogP contribution in [0.5, 0.6) is 0 Å². The predicted octanol–water partition coefficient (Wildman–Crippen LogP) is 3.39. The van der Waals surface area contributed by atoms with Crippen LogP contribution in [-0.2, 0) is 11.8 Å². The lowest BCUT2D eigenvalue weighted by Gasteiger charge is -2.43. The normalized spacial score (nSPS) is 16.9. The lowest BCUT2D eigenvalue weighted by Crippen LogP contribution is -2.58. The van der Waals surface area contributed by atoms with Crippen LogP contribution in [0.4, 0.5) is 0 Å². The zero-order valence-electron chi connectivity index (χ0n) is 11.7. The van der Waals surface area contributed by atoms with Crippen LogP contribution in [0.3, 0.4) is 0 Å². The number of nitrogens with one attached hydrogen (secondary N) is 1. The van der Waals surface area contributed by atoms with Gasteiger partial charge in [-0.15, -0.1) is 0 Å². The smallest absolute Gasteiger partial charge is 0.0242 e. The first kappa shape index (κ1) is 12.4. The molecule has 0 radical (unpaired) electrons. The SMILES string of the molecule is Cc1cc(C)cc(CC2(c3ccccc3)CNC2)c1. The average Bonchev–Trinajstić information content (AvgIpc) is 2.34. The van der Waals surface area contributed by atoms with Gasteiger partial charge in [0.15, 0.2) is 0 Å². The second kappa shape index (κ2) is 4.82. The molecule has 0 bridgehead atoms. The fourth-order valence-corrected chi connectivity index (χ4v) is 3.21. The summed E-state index contributed by atoms with van der Waals surface area (Å²) in [6.07, 6.45) is 1.13. The van der Waals surface area contributed by atoms with Crippen molar-refractivity contribution >= 4 is 0 Å². The van der Waals surface area contributed by atoms with Crippen molar-refractivity contribution in [2.75, 3.05) is 13.1 Å². The van der Waals surface area contributed by atoms with Crippen molar-refractivity contribution in [1.29, 1.82) is 0 Å². The van der Waals surface area contributed by atoms with Gasteiger partial charge < -0.3 is 5.32 Å². The molecule has 2 aromatic rings. The largest absolute Gasteiger partial charge is 0.315 e. The van der Waals surface area contributed by atoms with E-state index in [0.29, 0.717) is 5.41 Å². The molecule has 1 nitrogen and oxygen atoms in total. The van der Waals surface area contributed by atoms with E-state index in [1.165, 1.54) is 22.3 Å². The Hall–Kier alpha value is -1.60. The molecule has 0 amide bonds. The van der Waals surface area contributed by atoms with Crippen LogP contribution >= 0.6 is 0 Å². The van der Waals surface area contributed by atoms with Crippen molar-refractivity contribution < 1.29 is 0 Å². The Labute approximate surface area is 115 Å². The summed E-state index contributed by atoms with van der Waals surface area (Å²) in [6.45, 7) is 6.55. The topological polar surface area (TPSA) is 12.0 Å². The molecule has 0 aliphatic carbocycles. The van der Waals surface area contributed by atoms with Gasteiger partial charge in [0.2, 0.25) is 0 Å². The highest BCUT2D eigenvalue weighted by Gasteiger charge is 2.38. The number of hydrogen-bond donors (Lipinski definition) is 1. The van der Waals surface area contributed by atoms with E-state index >= 15 is 0 Å². The Kier molecular flexibility index (Phi) is 3.16. The molecule has 0 atom stereocenters. The Morgan fingerprint density at radius 1 is 0.947 bits per heavy atom. The number of hydrogen-bond acceptors (Lipinski definition) is 1. The summed E-state index contributed by atoms with van der Waals surface area (Å²) < 4.78 is 0. The van der Waals surface area contributed by atoms with Crippen LogP contribution in [0.1, 0.15) is 22.3 Å². The van der Waals surface area contributed by atoms with Gasteiger partial charge in [-0.25, -0.2) is 0 Å². The van der Waals surface area contributed by atoms with Gasteiger partial charge in [-0.3, -0.25) is 0 Å². The van der Waals surface area contributed by atoms with Crippen LogP contribution in [0, 0.1) is 13.8 Å². The van der Waals surface area contributed by atoms with Crippen molar-refractivity contribution in [2.24, 2.45) is 0 Å². The summed E-state index contributed by atoms with van der Waals surface area (Å²) in [5.74, 6) is 0. The maximum absolute atomic E-state index is 3.45. The van der Waals surface area contributed by atoms with Crippen LogP contribution in [-0.4, -0.2) is 13.1 Å². The van der Waals surface area contributed by atoms with Crippen molar-refractivity contribution in [1.82, 2.24) is 5.32 Å². The average molecular weight is 251 g/mol. The van der Waals surface area contributed by atoms with E-state index in [0.717, 1.165) is 19.5 Å². The molecular weight excluding hydrogens is 230 g/mol. The first-order chi connectivity index (χ1) is 9.18. The van der Waals surface area contributed by atoms with E-state index in [2.05, 4.69) is 67.7 Å². The molecule has 1 aliphatic heterocycles. The predicted molar refractivity (Wildman–Crippen MR) is 80.6 cm³/mol. The van der Waals surface area contributed by atoms with Crippen molar-refractivity contribution in [3.8, 4) is 0 Å². The Morgan fingerprint density at radius 3 is 2.11 bits per heavy atom. The highest BCUT2D eigenvalue weighted by molar-refractivity contribution is 5.36. The van der Waals surface area contributed by atoms with Gasteiger partial charge >= 0.3 is 0 Å². The Bertz CT molecular complexity index is 547. The molecule has 1 aliphatic rings. The molecule has 3 rings (SSSR count). The molecule has 1 N–H and O–H groups in total. The van der Waals surface area contributed by atoms with Gasteiger partial charge in [-0.05, 0) is 31.4 Å². The van der Waals surface area contributed by atoms with Gasteiger partial charge in [0.25, 0.3) is 0 Å². The molecule has 0 saturated carbocycles. The molecule has 1 heteroatoms. The molecule has 0 unspecified atom stereocenters. The first-order valence-electron chi connectivity index (χ1n) is 7.01. The molecule has 1 heterocycles. The van der Waals surface area contributed by atoms with Gasteiger partial charge in [0.1, 0.15) is 0 Å². The number of aryl methyl sites for hydroxylation is 2. The highest BCUT2D eigenvalue weighted by Crippen LogP contribution is 2.32. The molecule has 98 valence electrons. The summed E-state index contributed by atoms with van der Waals surface area (Å²) in [6, 6.07) is 17.8. The van der Waals surface area contributed by atoms with Crippen molar-refractivity contribution in [3.05, 3.63) is 70.8 Å². The summed E-state index contributed by atoms with van der Waals surface area (Å²) in [4.78, 5) is 0. The van der Waals surface area contributed by atoms with E-state index in [1.807, 2.05) is 0 Å². The molecule has 19 heavy (non-hydrogen) atoms. The zero-order valence-corrected chi connectivity index (χ0v) is 11.7. The third-order valence-corrected chi connectivity index (χ3v) is 4.14. The molecule has 0 aromatic heterocycles. The highest BCUT2D eigenvalue weighted by atomic mass is 15.0. The second-order valence-electron chi connectivity index (χ2n) is 5.92. The van der Waals surface area contributed by atoms with E-state index < -0.39 is 0 Å².